The standard InChI is InChI=1S/C16H25N5O15P2/c1-4-7(22)9(24)11(26)15(33-4)35-38(30,31)36-37(28,29)32-2-5-8(23)10(25)14(34-5)21-3-18-6-12(21)19-16(17)20-13(6)27/h3-5,7-11,14-15,22-26H,2H2,1H3,(H,28,29)(H,30,31)(H3,17,19,20,27)/t4?,5-,7-,8?,9?,10?,11?,14-,15-/m1/s1. The summed E-state index contributed by atoms with van der Waals surface area (Å²) in [6.45, 7) is 0.291. The van der Waals surface area contributed by atoms with Crippen molar-refractivity contribution < 1.29 is 67.3 Å². The van der Waals surface area contributed by atoms with Gasteiger partial charge in [-0.3, -0.25) is 23.4 Å². The van der Waals surface area contributed by atoms with E-state index in [1.54, 1.807) is 0 Å². The van der Waals surface area contributed by atoms with Crippen molar-refractivity contribution >= 4 is 32.8 Å². The van der Waals surface area contributed by atoms with E-state index in [0.717, 1.165) is 10.9 Å². The van der Waals surface area contributed by atoms with Gasteiger partial charge in [-0.1, -0.05) is 0 Å². The van der Waals surface area contributed by atoms with Crippen LogP contribution in [-0.4, -0.2) is 110 Å². The second-order valence-corrected chi connectivity index (χ2v) is 11.4. The van der Waals surface area contributed by atoms with E-state index in [1.807, 2.05) is 0 Å². The minimum absolute atomic E-state index is 0.0994. The lowest BCUT2D eigenvalue weighted by molar-refractivity contribution is -0.271. The Kier molecular flexibility index (Phi) is 8.12. The molecule has 2 aliphatic heterocycles. The molecule has 2 aliphatic rings. The Morgan fingerprint density at radius 1 is 1.05 bits per heavy atom. The molecule has 2 fully saturated rings. The number of hydrogen-bond donors (Lipinski definition) is 9. The maximum atomic E-state index is 12.3. The Labute approximate surface area is 211 Å². The van der Waals surface area contributed by atoms with Crippen molar-refractivity contribution in [3.05, 3.63) is 16.7 Å². The Balaban J connectivity index is 1.39. The number of nitrogens with zero attached hydrogens (tertiary/aromatic N) is 3. The SMILES string of the molecule is CC1O[C@H](OP(=O)(O)OP(=O)(O)OC[C@H]2O[C@@H](n3cnc4c(=O)[nH]c(N)nc43)C(O)C2O)C(O)C(O)[C@@H]1O. The maximum absolute atomic E-state index is 12.3. The molecule has 4 rings (SSSR count). The summed E-state index contributed by atoms with van der Waals surface area (Å²) >= 11 is 0. The highest BCUT2D eigenvalue weighted by atomic mass is 31.3. The first-order valence-corrected chi connectivity index (χ1v) is 13.7. The maximum Gasteiger partial charge on any atom is 0.483 e. The van der Waals surface area contributed by atoms with Crippen LogP contribution < -0.4 is 11.3 Å². The Bertz CT molecular complexity index is 1320. The highest BCUT2D eigenvalue weighted by Gasteiger charge is 2.49. The van der Waals surface area contributed by atoms with Crippen molar-refractivity contribution in [2.45, 2.75) is 62.2 Å². The van der Waals surface area contributed by atoms with Crippen LogP contribution >= 0.6 is 15.6 Å². The van der Waals surface area contributed by atoms with E-state index in [0.29, 0.717) is 0 Å². The third-order valence-corrected chi connectivity index (χ3v) is 8.32. The molecule has 11 atom stereocenters. The second kappa shape index (κ2) is 10.6. The number of nitrogens with two attached hydrogens (primary N) is 1. The number of H-pyrrole nitrogens is 1. The molecule has 2 aromatic heterocycles. The summed E-state index contributed by atoms with van der Waals surface area (Å²) in [6, 6.07) is 0. The fourth-order valence-electron chi connectivity index (χ4n) is 3.80. The molecular weight excluding hydrogens is 564 g/mol. The van der Waals surface area contributed by atoms with Gasteiger partial charge in [-0.2, -0.15) is 9.29 Å². The Morgan fingerprint density at radius 2 is 1.74 bits per heavy atom. The summed E-state index contributed by atoms with van der Waals surface area (Å²) in [5.41, 5.74) is 4.59. The molecule has 0 radical (unpaired) electrons. The van der Waals surface area contributed by atoms with Gasteiger partial charge in [0, 0.05) is 0 Å². The van der Waals surface area contributed by atoms with E-state index in [1.165, 1.54) is 6.92 Å². The van der Waals surface area contributed by atoms with Crippen molar-refractivity contribution in [3.63, 3.8) is 0 Å². The lowest BCUT2D eigenvalue weighted by Crippen LogP contribution is -2.57. The zero-order valence-electron chi connectivity index (χ0n) is 19.2. The van der Waals surface area contributed by atoms with Gasteiger partial charge in [0.15, 0.2) is 23.7 Å². The number of imidazole rings is 1. The highest BCUT2D eigenvalue weighted by molar-refractivity contribution is 7.61. The van der Waals surface area contributed by atoms with Crippen LogP contribution in [0.2, 0.25) is 0 Å². The van der Waals surface area contributed by atoms with E-state index >= 15 is 0 Å². The molecule has 22 heteroatoms. The minimum Gasteiger partial charge on any atom is -0.388 e. The molecule has 10 N–H and O–H groups in total. The normalized spacial score (nSPS) is 37.2. The molecule has 0 spiro atoms. The average Bonchev–Trinajstić information content (AvgIpc) is 3.35. The summed E-state index contributed by atoms with van der Waals surface area (Å²) in [4.78, 5) is 41.7. The lowest BCUT2D eigenvalue weighted by atomic mass is 10.0. The number of fused-ring (bicyclic) bond motifs is 1. The van der Waals surface area contributed by atoms with Crippen LogP contribution in [0.1, 0.15) is 13.2 Å². The monoisotopic (exact) mass is 589 g/mol. The van der Waals surface area contributed by atoms with Crippen molar-refractivity contribution in [3.8, 4) is 0 Å². The van der Waals surface area contributed by atoms with Gasteiger partial charge in [0.25, 0.3) is 5.56 Å². The number of ether oxygens (including phenoxy) is 2. The highest BCUT2D eigenvalue weighted by Crippen LogP contribution is 2.61. The third kappa shape index (κ3) is 5.83. The van der Waals surface area contributed by atoms with Crippen LogP contribution in [-0.2, 0) is 32.0 Å². The van der Waals surface area contributed by atoms with Gasteiger partial charge in [-0.15, -0.1) is 0 Å². The Hall–Kier alpha value is -1.87. The van der Waals surface area contributed by atoms with E-state index < -0.39 is 83.1 Å². The number of phosphoric acid groups is 2. The quantitative estimate of drug-likeness (QED) is 0.134. The molecule has 38 heavy (non-hydrogen) atoms. The molecule has 7 unspecified atom stereocenters. The molecule has 0 aliphatic carbocycles. The fourth-order valence-corrected chi connectivity index (χ4v) is 5.96. The zero-order valence-corrected chi connectivity index (χ0v) is 21.0. The van der Waals surface area contributed by atoms with Gasteiger partial charge >= 0.3 is 15.6 Å². The molecule has 0 aromatic carbocycles. The first kappa shape index (κ1) is 29.1. The molecular formula is C16H25N5O15P2. The molecule has 4 heterocycles. The third-order valence-electron chi connectivity index (χ3n) is 5.72. The number of rotatable bonds is 8. The van der Waals surface area contributed by atoms with E-state index in [4.69, 9.17) is 15.2 Å². The predicted molar refractivity (Wildman–Crippen MR) is 119 cm³/mol. The topological polar surface area (TPSA) is 311 Å². The summed E-state index contributed by atoms with van der Waals surface area (Å²) in [6.07, 6.45) is -13.8. The van der Waals surface area contributed by atoms with Crippen LogP contribution in [0.3, 0.4) is 0 Å². The summed E-state index contributed by atoms with van der Waals surface area (Å²) in [5.74, 6) is -0.266. The van der Waals surface area contributed by atoms with Crippen LogP contribution in [0.25, 0.3) is 11.2 Å². The second-order valence-electron chi connectivity index (χ2n) is 8.42. The van der Waals surface area contributed by atoms with Gasteiger partial charge in [-0.25, -0.2) is 14.1 Å². The largest absolute Gasteiger partial charge is 0.483 e. The fraction of sp³-hybridized carbons (Fsp3) is 0.688. The van der Waals surface area contributed by atoms with E-state index in [-0.39, 0.29) is 17.1 Å². The van der Waals surface area contributed by atoms with Crippen LogP contribution in [0, 0.1) is 0 Å². The van der Waals surface area contributed by atoms with Crippen LogP contribution in [0.15, 0.2) is 11.1 Å². The lowest BCUT2D eigenvalue weighted by Gasteiger charge is -2.38. The number of nitrogen functional groups attached to an aromatic ring is 1. The number of phosphoric ester groups is 2. The predicted octanol–water partition coefficient (Wildman–Crippen LogP) is -3.60. The van der Waals surface area contributed by atoms with Crippen LogP contribution in [0.5, 0.6) is 0 Å². The molecule has 0 saturated carbocycles. The van der Waals surface area contributed by atoms with E-state index in [9.17, 15) is 49.2 Å². The van der Waals surface area contributed by atoms with E-state index in [2.05, 4.69) is 28.3 Å². The molecule has 2 saturated heterocycles. The van der Waals surface area contributed by atoms with Gasteiger partial charge in [0.1, 0.15) is 36.6 Å². The van der Waals surface area contributed by atoms with Crippen molar-refractivity contribution in [1.82, 2.24) is 19.5 Å². The minimum atomic E-state index is -5.50. The Morgan fingerprint density at radius 3 is 2.42 bits per heavy atom. The molecule has 0 amide bonds. The van der Waals surface area contributed by atoms with Gasteiger partial charge in [-0.05, 0) is 6.92 Å². The van der Waals surface area contributed by atoms with Crippen molar-refractivity contribution in [2.24, 2.45) is 0 Å². The molecule has 214 valence electrons. The molecule has 0 bridgehead atoms. The first-order valence-electron chi connectivity index (χ1n) is 10.7. The smallest absolute Gasteiger partial charge is 0.388 e. The number of aliphatic hydroxyl groups excluding tert-OH is 5. The first-order chi connectivity index (χ1) is 17.6. The zero-order chi connectivity index (χ0) is 28.2. The molecule has 2 aromatic rings. The number of hydrogen-bond acceptors (Lipinski definition) is 16. The number of anilines is 1. The van der Waals surface area contributed by atoms with Crippen molar-refractivity contribution in [1.29, 1.82) is 0 Å². The molecule has 20 nitrogen and oxygen atoms in total. The summed E-state index contributed by atoms with van der Waals surface area (Å²) < 4.78 is 49.3. The van der Waals surface area contributed by atoms with Crippen LogP contribution in [0.4, 0.5) is 5.95 Å². The van der Waals surface area contributed by atoms with Gasteiger partial charge in [0.05, 0.1) is 19.0 Å². The number of nitrogens with one attached hydrogen (secondary N) is 1. The summed E-state index contributed by atoms with van der Waals surface area (Å²) in [7, 11) is -10.9. The van der Waals surface area contributed by atoms with Crippen molar-refractivity contribution in [2.75, 3.05) is 12.3 Å². The number of aliphatic hydroxyl groups is 5. The number of aromatic nitrogens is 4. The van der Waals surface area contributed by atoms with Gasteiger partial charge < -0.3 is 50.5 Å². The summed E-state index contributed by atoms with van der Waals surface area (Å²) in [5, 5.41) is 50.0. The average molecular weight is 589 g/mol. The number of aromatic amines is 1. The van der Waals surface area contributed by atoms with Gasteiger partial charge in [0.2, 0.25) is 5.95 Å².